The van der Waals surface area contributed by atoms with E-state index in [9.17, 15) is 5.11 Å². The van der Waals surface area contributed by atoms with Gasteiger partial charge in [0.2, 0.25) is 0 Å². The van der Waals surface area contributed by atoms with Gasteiger partial charge >= 0.3 is 0 Å². The molecule has 1 heterocycles. The first-order valence-corrected chi connectivity index (χ1v) is 6.48. The number of rotatable bonds is 6. The second-order valence-electron chi connectivity index (χ2n) is 4.40. The highest BCUT2D eigenvalue weighted by molar-refractivity contribution is 5.34. The van der Waals surface area contributed by atoms with Crippen molar-refractivity contribution in [2.24, 2.45) is 0 Å². The quantitative estimate of drug-likeness (QED) is 0.867. The third-order valence-electron chi connectivity index (χ3n) is 2.86. The van der Waals surface area contributed by atoms with Crippen LogP contribution < -0.4 is 4.74 Å². The first kappa shape index (κ1) is 13.5. The molecule has 0 unspecified atom stereocenters. The monoisotopic (exact) mass is 261 g/mol. The van der Waals surface area contributed by atoms with Crippen LogP contribution in [0.4, 0.5) is 0 Å². The zero-order chi connectivity index (χ0) is 13.7. The summed E-state index contributed by atoms with van der Waals surface area (Å²) in [6.07, 6.45) is 1.99. The van der Waals surface area contributed by atoms with Crippen LogP contribution in [0.15, 0.2) is 30.6 Å². The Hall–Kier alpha value is -1.88. The Labute approximate surface area is 112 Å². The summed E-state index contributed by atoms with van der Waals surface area (Å²) in [5.74, 6) is 1.48. The van der Waals surface area contributed by atoms with Crippen molar-refractivity contribution in [3.05, 3.63) is 42.0 Å². The van der Waals surface area contributed by atoms with Crippen LogP contribution in [-0.4, -0.2) is 19.9 Å². The highest BCUT2D eigenvalue weighted by Gasteiger charge is 2.10. The molecule has 0 spiro atoms. The maximum Gasteiger partial charge on any atom is 0.164 e. The van der Waals surface area contributed by atoms with E-state index < -0.39 is 6.10 Å². The van der Waals surface area contributed by atoms with Crippen LogP contribution in [0.25, 0.3) is 0 Å². The van der Waals surface area contributed by atoms with E-state index >= 15 is 0 Å². The van der Waals surface area contributed by atoms with Crippen molar-refractivity contribution >= 4 is 0 Å². The molecule has 0 fully saturated rings. The van der Waals surface area contributed by atoms with Gasteiger partial charge in [0.25, 0.3) is 0 Å². The van der Waals surface area contributed by atoms with Gasteiger partial charge in [-0.1, -0.05) is 25.1 Å². The van der Waals surface area contributed by atoms with Gasteiger partial charge in [0.15, 0.2) is 5.82 Å². The minimum Gasteiger partial charge on any atom is -0.485 e. The molecule has 0 amide bonds. The SMILES string of the molecule is CCCn1ncnc1COc1ccccc1[C@@H](C)O. The molecule has 2 rings (SSSR count). The molecule has 0 aliphatic heterocycles. The average Bonchev–Trinajstić information content (AvgIpc) is 2.84. The highest BCUT2D eigenvalue weighted by atomic mass is 16.5. The third-order valence-corrected chi connectivity index (χ3v) is 2.86. The van der Waals surface area contributed by atoms with E-state index in [1.165, 1.54) is 6.33 Å². The molecule has 19 heavy (non-hydrogen) atoms. The molecule has 5 heteroatoms. The van der Waals surface area contributed by atoms with Crippen molar-refractivity contribution in [3.8, 4) is 5.75 Å². The first-order valence-electron chi connectivity index (χ1n) is 6.48. The van der Waals surface area contributed by atoms with Crippen molar-refractivity contribution < 1.29 is 9.84 Å². The number of hydrogen-bond donors (Lipinski definition) is 1. The predicted molar refractivity (Wildman–Crippen MR) is 71.7 cm³/mol. The molecular weight excluding hydrogens is 242 g/mol. The van der Waals surface area contributed by atoms with Crippen molar-refractivity contribution in [2.75, 3.05) is 0 Å². The Morgan fingerprint density at radius 2 is 2.16 bits per heavy atom. The lowest BCUT2D eigenvalue weighted by Gasteiger charge is -2.13. The number of hydrogen-bond acceptors (Lipinski definition) is 4. The molecular formula is C14H19N3O2. The summed E-state index contributed by atoms with van der Waals surface area (Å²) < 4.78 is 7.58. The van der Waals surface area contributed by atoms with Crippen LogP contribution in [0.5, 0.6) is 5.75 Å². The Morgan fingerprint density at radius 3 is 2.89 bits per heavy atom. The summed E-state index contributed by atoms with van der Waals surface area (Å²) in [6.45, 7) is 5.00. The molecule has 1 atom stereocenters. The fourth-order valence-corrected chi connectivity index (χ4v) is 1.90. The number of nitrogens with zero attached hydrogens (tertiary/aromatic N) is 3. The fourth-order valence-electron chi connectivity index (χ4n) is 1.90. The van der Waals surface area contributed by atoms with E-state index in [1.54, 1.807) is 6.92 Å². The molecule has 102 valence electrons. The van der Waals surface area contributed by atoms with Gasteiger partial charge < -0.3 is 9.84 Å². The fraction of sp³-hybridized carbons (Fsp3) is 0.429. The number of aliphatic hydroxyl groups is 1. The summed E-state index contributed by atoms with van der Waals surface area (Å²) in [5, 5.41) is 13.8. The highest BCUT2D eigenvalue weighted by Crippen LogP contribution is 2.25. The van der Waals surface area contributed by atoms with Gasteiger partial charge in [0.05, 0.1) is 6.10 Å². The summed E-state index contributed by atoms with van der Waals surface area (Å²) >= 11 is 0. The molecule has 0 aliphatic carbocycles. The minimum absolute atomic E-state index is 0.351. The molecule has 0 bridgehead atoms. The molecule has 5 nitrogen and oxygen atoms in total. The average molecular weight is 261 g/mol. The standard InChI is InChI=1S/C14H19N3O2/c1-3-8-17-14(15-10-16-17)9-19-13-7-5-4-6-12(13)11(2)18/h4-7,10-11,18H,3,8-9H2,1-2H3/t11-/m1/s1. The zero-order valence-corrected chi connectivity index (χ0v) is 11.3. The molecule has 0 aliphatic rings. The summed E-state index contributed by atoms with van der Waals surface area (Å²) in [7, 11) is 0. The van der Waals surface area contributed by atoms with Crippen LogP contribution in [0.3, 0.4) is 0 Å². The number of benzene rings is 1. The number of ether oxygens (including phenoxy) is 1. The van der Waals surface area contributed by atoms with E-state index in [0.717, 1.165) is 24.4 Å². The maximum atomic E-state index is 9.69. The van der Waals surface area contributed by atoms with E-state index in [1.807, 2.05) is 28.9 Å². The Balaban J connectivity index is 2.08. The predicted octanol–water partition coefficient (Wildman–Crippen LogP) is 2.32. The first-order chi connectivity index (χ1) is 9.22. The third kappa shape index (κ3) is 3.32. The Bertz CT molecular complexity index is 523. The maximum absolute atomic E-state index is 9.69. The lowest BCUT2D eigenvalue weighted by atomic mass is 10.1. The van der Waals surface area contributed by atoms with E-state index in [4.69, 9.17) is 4.74 Å². The normalized spacial score (nSPS) is 12.4. The molecule has 0 saturated carbocycles. The molecule has 1 aromatic heterocycles. The number of aromatic nitrogens is 3. The minimum atomic E-state index is -0.551. The number of aliphatic hydroxyl groups excluding tert-OH is 1. The van der Waals surface area contributed by atoms with Crippen molar-refractivity contribution in [1.29, 1.82) is 0 Å². The van der Waals surface area contributed by atoms with Gasteiger partial charge in [-0.2, -0.15) is 5.10 Å². The number of para-hydroxylation sites is 1. The largest absolute Gasteiger partial charge is 0.485 e. The van der Waals surface area contributed by atoms with Gasteiger partial charge in [-0.05, 0) is 19.4 Å². The second-order valence-corrected chi connectivity index (χ2v) is 4.40. The molecule has 0 radical (unpaired) electrons. The van der Waals surface area contributed by atoms with Crippen LogP contribution in [0.1, 0.15) is 37.8 Å². The van der Waals surface area contributed by atoms with Gasteiger partial charge in [-0.3, -0.25) is 0 Å². The molecule has 1 N–H and O–H groups in total. The molecule has 0 saturated heterocycles. The van der Waals surface area contributed by atoms with E-state index in [0.29, 0.717) is 12.4 Å². The topological polar surface area (TPSA) is 60.2 Å². The van der Waals surface area contributed by atoms with Crippen LogP contribution >= 0.6 is 0 Å². The van der Waals surface area contributed by atoms with Crippen molar-refractivity contribution in [2.45, 2.75) is 39.5 Å². The van der Waals surface area contributed by atoms with E-state index in [-0.39, 0.29) is 0 Å². The molecule has 1 aromatic carbocycles. The summed E-state index contributed by atoms with van der Waals surface area (Å²) in [5.41, 5.74) is 0.782. The number of aryl methyl sites for hydroxylation is 1. The van der Waals surface area contributed by atoms with E-state index in [2.05, 4.69) is 17.0 Å². The van der Waals surface area contributed by atoms with Crippen LogP contribution in [0.2, 0.25) is 0 Å². The Morgan fingerprint density at radius 1 is 1.37 bits per heavy atom. The lowest BCUT2D eigenvalue weighted by molar-refractivity contribution is 0.189. The second kappa shape index (κ2) is 6.33. The van der Waals surface area contributed by atoms with Gasteiger partial charge in [-0.15, -0.1) is 0 Å². The van der Waals surface area contributed by atoms with Crippen LogP contribution in [0, 0.1) is 0 Å². The smallest absolute Gasteiger partial charge is 0.164 e. The van der Waals surface area contributed by atoms with Crippen molar-refractivity contribution in [3.63, 3.8) is 0 Å². The Kier molecular flexibility index (Phi) is 4.52. The summed E-state index contributed by atoms with van der Waals surface area (Å²) in [4.78, 5) is 4.19. The summed E-state index contributed by atoms with van der Waals surface area (Å²) in [6, 6.07) is 7.48. The lowest BCUT2D eigenvalue weighted by Crippen LogP contribution is -2.09. The van der Waals surface area contributed by atoms with Crippen molar-refractivity contribution in [1.82, 2.24) is 14.8 Å². The zero-order valence-electron chi connectivity index (χ0n) is 11.3. The van der Waals surface area contributed by atoms with Gasteiger partial charge in [-0.25, -0.2) is 9.67 Å². The molecule has 2 aromatic rings. The van der Waals surface area contributed by atoms with Gasteiger partial charge in [0, 0.05) is 12.1 Å². The van der Waals surface area contributed by atoms with Crippen LogP contribution in [-0.2, 0) is 13.2 Å². The van der Waals surface area contributed by atoms with Gasteiger partial charge in [0.1, 0.15) is 18.7 Å².